The fourth-order valence-corrected chi connectivity index (χ4v) is 8.67. The number of carbonyl (C=O) groups excluding carboxylic acids is 6. The van der Waals surface area contributed by atoms with E-state index in [2.05, 4.69) is 26.2 Å². The van der Waals surface area contributed by atoms with Crippen molar-refractivity contribution in [2.45, 2.75) is 70.4 Å². The number of nitrogens with two attached hydrogens (primary N) is 1. The minimum Gasteiger partial charge on any atom is -0.505 e. The van der Waals surface area contributed by atoms with Crippen LogP contribution in [0, 0.1) is 13.8 Å². The van der Waals surface area contributed by atoms with E-state index in [-0.39, 0.29) is 67.1 Å². The number of amides is 3. The second-order valence-electron chi connectivity index (χ2n) is 18.8. The van der Waals surface area contributed by atoms with Crippen molar-refractivity contribution in [3.63, 3.8) is 0 Å². The number of carbonyl (C=O) groups is 6. The number of phenols is 1. The predicted molar refractivity (Wildman–Crippen MR) is 280 cm³/mol. The molecular formula is C51H68N10O13S. The summed E-state index contributed by atoms with van der Waals surface area (Å²) in [5.74, 6) is -1.14. The third-order valence-corrected chi connectivity index (χ3v) is 12.8. The van der Waals surface area contributed by atoms with Crippen molar-refractivity contribution in [2.24, 2.45) is 10.2 Å². The molecular weight excluding hydrogens is 993 g/mol. The molecule has 75 heavy (non-hydrogen) atoms. The Balaban J connectivity index is 1.30. The Morgan fingerprint density at radius 1 is 0.747 bits per heavy atom. The molecule has 0 spiro atoms. The number of anilines is 2. The fraction of sp³-hybridized carbons (Fsp3) is 0.451. The first kappa shape index (κ1) is 58.8. The van der Waals surface area contributed by atoms with Crippen molar-refractivity contribution in [3.8, 4) is 16.9 Å². The summed E-state index contributed by atoms with van der Waals surface area (Å²) in [7, 11) is 0. The Kier molecular flexibility index (Phi) is 22.8. The summed E-state index contributed by atoms with van der Waals surface area (Å²) in [5.41, 5.74) is 10.1. The molecule has 1 heterocycles. The number of aryl methyl sites for hydroxylation is 2. The van der Waals surface area contributed by atoms with Gasteiger partial charge in [-0.05, 0) is 119 Å². The first-order chi connectivity index (χ1) is 35.9. The Labute approximate surface area is 438 Å². The number of aromatic hydroxyl groups is 1. The van der Waals surface area contributed by atoms with E-state index in [1.165, 1.54) is 18.2 Å². The number of nitrogen functional groups attached to an aromatic ring is 1. The van der Waals surface area contributed by atoms with E-state index in [1.54, 1.807) is 39.0 Å². The largest absolute Gasteiger partial charge is 0.505 e. The predicted octanol–water partition coefficient (Wildman–Crippen LogP) is 5.14. The van der Waals surface area contributed by atoms with E-state index in [9.17, 15) is 42.6 Å². The molecule has 1 fully saturated rings. The standard InChI is InChI=1S/C51H68N10O13S/c1-35-26-37(38-10-14-42(36(2)27-38)56-57-43-15-11-39-45(75(69)70)16-12-40(52)47(39)48(43)66)9-13-41(35)55-49(67)44(8-6-7-17-53-50(68)74-51(3,4)5)54-46(65)28-58-18-20-59(29-71-32-62)22-24-61(31-73-34-64)25-23-60(21-19-58)30-72-33-63/h9-16,26-27,32-34,44,66H,6-8,17-25,28-31,52H2,1-5H3,(H,53,68)(H,54,65)(H,55,67)(H,69,70). The van der Waals surface area contributed by atoms with Crippen LogP contribution in [0.2, 0.25) is 0 Å². The number of azo groups is 1. The molecule has 0 aromatic heterocycles. The second kappa shape index (κ2) is 29.1. The minimum absolute atomic E-state index is 0.00569. The van der Waals surface area contributed by atoms with Gasteiger partial charge >= 0.3 is 6.09 Å². The number of alkyl carbamates (subject to hydrolysis) is 1. The van der Waals surface area contributed by atoms with Gasteiger partial charge in [0.15, 0.2) is 16.8 Å². The van der Waals surface area contributed by atoms with Crippen LogP contribution in [0.15, 0.2) is 75.8 Å². The van der Waals surface area contributed by atoms with Crippen molar-refractivity contribution >= 4 is 81.9 Å². The zero-order valence-corrected chi connectivity index (χ0v) is 43.8. The molecule has 2 unspecified atom stereocenters. The van der Waals surface area contributed by atoms with E-state index in [0.717, 1.165) is 22.3 Å². The summed E-state index contributed by atoms with van der Waals surface area (Å²) in [5, 5.41) is 28.9. The molecule has 0 bridgehead atoms. The maximum absolute atomic E-state index is 14.2. The zero-order valence-electron chi connectivity index (χ0n) is 43.0. The molecule has 24 heteroatoms. The summed E-state index contributed by atoms with van der Waals surface area (Å²) in [6.07, 6.45) is 0.636. The molecule has 406 valence electrons. The number of phenolic OH excluding ortho intramolecular Hbond substituents is 1. The van der Waals surface area contributed by atoms with E-state index >= 15 is 0 Å². The topological polar surface area (TPSA) is 297 Å². The van der Waals surface area contributed by atoms with Crippen LogP contribution in [-0.4, -0.2) is 168 Å². The van der Waals surface area contributed by atoms with E-state index < -0.39 is 40.6 Å². The Bertz CT molecular complexity index is 2640. The summed E-state index contributed by atoms with van der Waals surface area (Å²) in [6.45, 7) is 13.6. The van der Waals surface area contributed by atoms with Gasteiger partial charge in [-0.15, -0.1) is 5.11 Å². The van der Waals surface area contributed by atoms with Crippen LogP contribution in [0.25, 0.3) is 21.9 Å². The molecule has 3 amide bonds. The summed E-state index contributed by atoms with van der Waals surface area (Å²) < 4.78 is 42.1. The van der Waals surface area contributed by atoms with Gasteiger partial charge in [0, 0.05) is 75.7 Å². The van der Waals surface area contributed by atoms with Crippen molar-refractivity contribution in [2.75, 3.05) is 96.7 Å². The van der Waals surface area contributed by atoms with Crippen LogP contribution >= 0.6 is 0 Å². The lowest BCUT2D eigenvalue weighted by molar-refractivity contribution is -0.136. The van der Waals surface area contributed by atoms with Gasteiger partial charge in [-0.1, -0.05) is 18.2 Å². The van der Waals surface area contributed by atoms with Gasteiger partial charge < -0.3 is 50.3 Å². The monoisotopic (exact) mass is 1060 g/mol. The molecule has 7 N–H and O–H groups in total. The molecule has 23 nitrogen and oxygen atoms in total. The van der Waals surface area contributed by atoms with Crippen molar-refractivity contribution in [3.05, 3.63) is 71.8 Å². The number of hydrogen-bond acceptors (Lipinski definition) is 19. The van der Waals surface area contributed by atoms with Crippen LogP contribution in [0.5, 0.6) is 5.75 Å². The SMILES string of the molecule is Cc1cc(-c2ccc(NC(=O)C(CCCCNC(=O)OC(C)(C)C)NC(=O)CN3CCN(COC=O)CCN(COC=O)CCN(COC=O)CC3)c(C)c2)ccc1N=Nc1ccc2c(S(=O)O)ccc(N)c2c1O. The highest BCUT2D eigenvalue weighted by Crippen LogP contribution is 2.41. The molecule has 5 rings (SSSR count). The first-order valence-corrected chi connectivity index (χ1v) is 25.4. The number of nitrogens with one attached hydrogen (secondary N) is 3. The van der Waals surface area contributed by atoms with E-state index in [0.29, 0.717) is 101 Å². The maximum Gasteiger partial charge on any atom is 0.407 e. The van der Waals surface area contributed by atoms with Gasteiger partial charge in [0.2, 0.25) is 11.8 Å². The fourth-order valence-electron chi connectivity index (χ4n) is 8.13. The summed E-state index contributed by atoms with van der Waals surface area (Å²) in [4.78, 5) is 81.4. The number of rotatable bonds is 23. The molecule has 0 aliphatic carbocycles. The number of nitrogens with zero attached hydrogens (tertiary/aromatic N) is 6. The number of ether oxygens (including phenoxy) is 4. The normalized spacial score (nSPS) is 15.4. The summed E-state index contributed by atoms with van der Waals surface area (Å²) in [6, 6.07) is 16.1. The van der Waals surface area contributed by atoms with Gasteiger partial charge in [0.05, 0.1) is 22.5 Å². The van der Waals surface area contributed by atoms with Crippen molar-refractivity contribution in [1.82, 2.24) is 30.2 Å². The van der Waals surface area contributed by atoms with Crippen molar-refractivity contribution in [1.29, 1.82) is 0 Å². The Hall–Kier alpha value is -7.09. The molecule has 0 saturated carbocycles. The lowest BCUT2D eigenvalue weighted by Gasteiger charge is -2.33. The van der Waals surface area contributed by atoms with Crippen LogP contribution in [0.4, 0.5) is 27.5 Å². The third-order valence-electron chi connectivity index (χ3n) is 12.1. The van der Waals surface area contributed by atoms with Crippen LogP contribution in [0.3, 0.4) is 0 Å². The lowest BCUT2D eigenvalue weighted by Crippen LogP contribution is -2.51. The summed E-state index contributed by atoms with van der Waals surface area (Å²) >= 11 is -2.30. The second-order valence-corrected chi connectivity index (χ2v) is 19.8. The number of benzene rings is 4. The van der Waals surface area contributed by atoms with Crippen LogP contribution in [-0.2, 0) is 54.0 Å². The van der Waals surface area contributed by atoms with Gasteiger partial charge in [0.25, 0.3) is 19.4 Å². The van der Waals surface area contributed by atoms with Crippen LogP contribution in [0.1, 0.15) is 51.2 Å². The van der Waals surface area contributed by atoms with Gasteiger partial charge in [-0.2, -0.15) is 5.11 Å². The highest BCUT2D eigenvalue weighted by molar-refractivity contribution is 7.79. The third kappa shape index (κ3) is 18.7. The lowest BCUT2D eigenvalue weighted by atomic mass is 10.00. The minimum atomic E-state index is -2.30. The molecule has 4 aromatic rings. The highest BCUT2D eigenvalue weighted by Gasteiger charge is 2.25. The smallest absolute Gasteiger partial charge is 0.407 e. The highest BCUT2D eigenvalue weighted by atomic mass is 32.2. The first-order valence-electron chi connectivity index (χ1n) is 24.3. The van der Waals surface area contributed by atoms with Crippen LogP contribution < -0.4 is 21.7 Å². The molecule has 1 aliphatic rings. The van der Waals surface area contributed by atoms with Crippen molar-refractivity contribution < 1.29 is 61.6 Å². The number of hydrogen-bond donors (Lipinski definition) is 6. The van der Waals surface area contributed by atoms with E-state index in [4.69, 9.17) is 24.7 Å². The molecule has 4 aromatic carbocycles. The number of unbranched alkanes of at least 4 members (excludes halogenated alkanes) is 1. The molecule has 1 saturated heterocycles. The van der Waals surface area contributed by atoms with Gasteiger partial charge in [0.1, 0.15) is 37.5 Å². The van der Waals surface area contributed by atoms with Gasteiger partial charge in [-0.3, -0.25) is 43.6 Å². The average molecular weight is 1060 g/mol. The zero-order chi connectivity index (χ0) is 54.5. The molecule has 1 aliphatic heterocycles. The Morgan fingerprint density at radius 3 is 1.81 bits per heavy atom. The average Bonchev–Trinajstić information content (AvgIpc) is 3.35. The Morgan fingerprint density at radius 2 is 1.28 bits per heavy atom. The van der Waals surface area contributed by atoms with Gasteiger partial charge in [-0.25, -0.2) is 9.00 Å². The quantitative estimate of drug-likeness (QED) is 0.0140. The van der Waals surface area contributed by atoms with E-state index in [1.807, 2.05) is 57.7 Å². The molecule has 2 atom stereocenters. The maximum atomic E-state index is 14.2. The number of fused-ring (bicyclic) bond motifs is 1. The molecule has 0 radical (unpaired) electrons.